The average Bonchev–Trinajstić information content (AvgIpc) is 2.47. The van der Waals surface area contributed by atoms with Crippen molar-refractivity contribution in [3.05, 3.63) is 47.8 Å². The lowest BCUT2D eigenvalue weighted by molar-refractivity contribution is 0.0597. The first-order valence-electron chi connectivity index (χ1n) is 5.82. The molecule has 0 aliphatic rings. The maximum Gasteiger partial charge on any atom is 0.341 e. The number of esters is 1. The van der Waals surface area contributed by atoms with Gasteiger partial charge in [-0.15, -0.1) is 0 Å². The molecule has 0 heterocycles. The third-order valence-electron chi connectivity index (χ3n) is 2.87. The third-order valence-corrected chi connectivity index (χ3v) is 2.87. The van der Waals surface area contributed by atoms with Crippen LogP contribution in [0.5, 0.6) is 11.5 Å². The van der Waals surface area contributed by atoms with E-state index in [0.29, 0.717) is 16.9 Å². The van der Waals surface area contributed by atoms with Gasteiger partial charge in [0.15, 0.2) is 0 Å². The minimum Gasteiger partial charge on any atom is -0.507 e. The van der Waals surface area contributed by atoms with Crippen LogP contribution in [0.1, 0.15) is 10.4 Å². The highest BCUT2D eigenvalue weighted by atomic mass is 19.1. The van der Waals surface area contributed by atoms with Crippen molar-refractivity contribution in [1.82, 2.24) is 0 Å². The fourth-order valence-electron chi connectivity index (χ4n) is 1.88. The van der Waals surface area contributed by atoms with Gasteiger partial charge in [0.1, 0.15) is 22.9 Å². The van der Waals surface area contributed by atoms with Crippen molar-refractivity contribution in [1.29, 1.82) is 0 Å². The Bertz CT molecular complexity index is 652. The summed E-state index contributed by atoms with van der Waals surface area (Å²) >= 11 is 0. The van der Waals surface area contributed by atoms with Gasteiger partial charge in [-0.1, -0.05) is 6.07 Å². The van der Waals surface area contributed by atoms with Crippen LogP contribution in [0.15, 0.2) is 36.4 Å². The molecule has 104 valence electrons. The van der Waals surface area contributed by atoms with Crippen LogP contribution in [0, 0.1) is 5.82 Å². The van der Waals surface area contributed by atoms with E-state index in [9.17, 15) is 14.3 Å². The van der Waals surface area contributed by atoms with Crippen LogP contribution in [-0.2, 0) is 4.74 Å². The second-order valence-corrected chi connectivity index (χ2v) is 4.07. The molecule has 0 bridgehead atoms. The second kappa shape index (κ2) is 5.61. The molecule has 2 aromatic rings. The van der Waals surface area contributed by atoms with Gasteiger partial charge in [0.2, 0.25) is 0 Å². The third kappa shape index (κ3) is 2.56. The Hall–Kier alpha value is -2.56. The summed E-state index contributed by atoms with van der Waals surface area (Å²) in [5, 5.41) is 9.66. The molecular formula is C15H13FO4. The van der Waals surface area contributed by atoms with Crippen molar-refractivity contribution in [3.8, 4) is 22.6 Å². The summed E-state index contributed by atoms with van der Waals surface area (Å²) < 4.78 is 23.1. The zero-order valence-corrected chi connectivity index (χ0v) is 11.0. The van der Waals surface area contributed by atoms with E-state index in [1.807, 2.05) is 0 Å². The predicted molar refractivity (Wildman–Crippen MR) is 71.4 cm³/mol. The van der Waals surface area contributed by atoms with Crippen LogP contribution < -0.4 is 4.74 Å². The van der Waals surface area contributed by atoms with E-state index >= 15 is 0 Å². The quantitative estimate of drug-likeness (QED) is 0.876. The van der Waals surface area contributed by atoms with Crippen LogP contribution in [-0.4, -0.2) is 25.3 Å². The van der Waals surface area contributed by atoms with Gasteiger partial charge in [-0.25, -0.2) is 9.18 Å². The highest BCUT2D eigenvalue weighted by molar-refractivity contribution is 5.94. The van der Waals surface area contributed by atoms with Gasteiger partial charge < -0.3 is 14.6 Å². The first-order chi connectivity index (χ1) is 9.56. The molecule has 0 atom stereocenters. The summed E-state index contributed by atoms with van der Waals surface area (Å²) in [5.41, 5.74) is 1.04. The Balaban J connectivity index is 2.59. The van der Waals surface area contributed by atoms with Crippen LogP contribution in [0.25, 0.3) is 11.1 Å². The number of methoxy groups -OCH3 is 2. The van der Waals surface area contributed by atoms with Crippen LogP contribution in [0.2, 0.25) is 0 Å². The highest BCUT2D eigenvalue weighted by Crippen LogP contribution is 2.33. The van der Waals surface area contributed by atoms with E-state index in [1.54, 1.807) is 6.07 Å². The van der Waals surface area contributed by atoms with Gasteiger partial charge in [-0.05, 0) is 35.9 Å². The lowest BCUT2D eigenvalue weighted by Crippen LogP contribution is -2.02. The molecule has 0 fully saturated rings. The Labute approximate surface area is 115 Å². The minimum atomic E-state index is -0.667. The molecule has 0 aliphatic heterocycles. The lowest BCUT2D eigenvalue weighted by Gasteiger charge is -2.10. The summed E-state index contributed by atoms with van der Waals surface area (Å²) in [4.78, 5) is 11.6. The van der Waals surface area contributed by atoms with Gasteiger partial charge in [0, 0.05) is 5.56 Å². The van der Waals surface area contributed by atoms with Gasteiger partial charge in [-0.3, -0.25) is 0 Å². The number of carbonyl (C=O) groups excluding carboxylic acids is 1. The molecular weight excluding hydrogens is 263 g/mol. The maximum absolute atomic E-state index is 13.4. The summed E-state index contributed by atoms with van der Waals surface area (Å²) in [6, 6.07) is 8.43. The van der Waals surface area contributed by atoms with E-state index in [4.69, 9.17) is 4.74 Å². The molecule has 0 saturated carbocycles. The van der Waals surface area contributed by atoms with Crippen LogP contribution in [0.4, 0.5) is 4.39 Å². The Morgan fingerprint density at radius 1 is 1.15 bits per heavy atom. The summed E-state index contributed by atoms with van der Waals surface area (Å²) in [6.07, 6.45) is 0. The van der Waals surface area contributed by atoms with E-state index in [1.165, 1.54) is 44.6 Å². The molecule has 20 heavy (non-hydrogen) atoms. The molecule has 0 radical (unpaired) electrons. The Kier molecular flexibility index (Phi) is 3.89. The number of rotatable bonds is 3. The smallest absolute Gasteiger partial charge is 0.341 e. The molecule has 0 unspecified atom stereocenters. The first kappa shape index (κ1) is 13.9. The number of hydrogen-bond donors (Lipinski definition) is 1. The largest absolute Gasteiger partial charge is 0.507 e. The number of hydrogen-bond acceptors (Lipinski definition) is 4. The molecule has 0 aromatic heterocycles. The molecule has 0 amide bonds. The molecule has 5 heteroatoms. The predicted octanol–water partition coefficient (Wildman–Crippen LogP) is 2.99. The van der Waals surface area contributed by atoms with E-state index in [0.717, 1.165) is 0 Å². The normalized spacial score (nSPS) is 10.2. The van der Waals surface area contributed by atoms with Gasteiger partial charge >= 0.3 is 5.97 Å². The van der Waals surface area contributed by atoms with Crippen molar-refractivity contribution >= 4 is 5.97 Å². The number of benzene rings is 2. The second-order valence-electron chi connectivity index (χ2n) is 4.07. The topological polar surface area (TPSA) is 55.8 Å². The summed E-state index contributed by atoms with van der Waals surface area (Å²) in [5.74, 6) is -0.822. The monoisotopic (exact) mass is 276 g/mol. The number of carbonyl (C=O) groups is 1. The zero-order valence-electron chi connectivity index (χ0n) is 11.0. The molecule has 1 N–H and O–H groups in total. The van der Waals surface area contributed by atoms with Crippen molar-refractivity contribution < 1.29 is 23.8 Å². The molecule has 2 rings (SSSR count). The fraction of sp³-hybridized carbons (Fsp3) is 0.133. The fourth-order valence-corrected chi connectivity index (χ4v) is 1.88. The Morgan fingerprint density at radius 2 is 1.90 bits per heavy atom. The summed E-state index contributed by atoms with van der Waals surface area (Å²) in [6.45, 7) is 0. The minimum absolute atomic E-state index is 0.0105. The molecule has 2 aromatic carbocycles. The van der Waals surface area contributed by atoms with Crippen LogP contribution >= 0.6 is 0 Å². The number of halogens is 1. The highest BCUT2D eigenvalue weighted by Gasteiger charge is 2.15. The first-order valence-corrected chi connectivity index (χ1v) is 5.82. The maximum atomic E-state index is 13.4. The zero-order chi connectivity index (χ0) is 14.7. The van der Waals surface area contributed by atoms with Crippen molar-refractivity contribution in [3.63, 3.8) is 0 Å². The number of aromatic hydroxyl groups is 1. The standard InChI is InChI=1S/C15H13FO4/c1-19-14-6-4-10(16)8-11(14)9-3-5-13(17)12(7-9)15(18)20-2/h3-8,17H,1-2H3. The molecule has 4 nitrogen and oxygen atoms in total. The molecule has 0 saturated heterocycles. The van der Waals surface area contributed by atoms with Gasteiger partial charge in [0.05, 0.1) is 14.2 Å². The molecule has 0 spiro atoms. The van der Waals surface area contributed by atoms with Crippen LogP contribution in [0.3, 0.4) is 0 Å². The number of ether oxygens (including phenoxy) is 2. The van der Waals surface area contributed by atoms with Crippen molar-refractivity contribution in [2.45, 2.75) is 0 Å². The van der Waals surface area contributed by atoms with Crippen molar-refractivity contribution in [2.75, 3.05) is 14.2 Å². The van der Waals surface area contributed by atoms with E-state index in [2.05, 4.69) is 4.74 Å². The van der Waals surface area contributed by atoms with Crippen molar-refractivity contribution in [2.24, 2.45) is 0 Å². The lowest BCUT2D eigenvalue weighted by atomic mass is 10.0. The van der Waals surface area contributed by atoms with Gasteiger partial charge in [0.25, 0.3) is 0 Å². The van der Waals surface area contributed by atoms with Gasteiger partial charge in [-0.2, -0.15) is 0 Å². The van der Waals surface area contributed by atoms with E-state index < -0.39 is 11.8 Å². The number of phenolic OH excluding ortho intramolecular Hbond substituents is 1. The molecule has 0 aliphatic carbocycles. The SMILES string of the molecule is COC(=O)c1cc(-c2cc(F)ccc2OC)ccc1O. The van der Waals surface area contributed by atoms with E-state index in [-0.39, 0.29) is 11.3 Å². The Morgan fingerprint density at radius 3 is 2.55 bits per heavy atom. The summed E-state index contributed by atoms with van der Waals surface area (Å²) in [7, 11) is 2.69. The average molecular weight is 276 g/mol. The number of phenols is 1.